The van der Waals surface area contributed by atoms with Gasteiger partial charge >= 0.3 is 0 Å². The number of hydrogen-bond donors (Lipinski definition) is 2. The third-order valence-electron chi connectivity index (χ3n) is 4.46. The molecule has 3 heterocycles. The van der Waals surface area contributed by atoms with Gasteiger partial charge < -0.3 is 9.47 Å². The van der Waals surface area contributed by atoms with E-state index in [1.54, 1.807) is 12.1 Å². The van der Waals surface area contributed by atoms with Gasteiger partial charge in [-0.15, -0.1) is 11.3 Å². The summed E-state index contributed by atoms with van der Waals surface area (Å²) in [6.07, 6.45) is 2.06. The van der Waals surface area contributed by atoms with E-state index in [1.165, 1.54) is 35.2 Å². The van der Waals surface area contributed by atoms with E-state index in [2.05, 4.69) is 26.9 Å². The van der Waals surface area contributed by atoms with Crippen LogP contribution in [-0.2, 0) is 0 Å². The van der Waals surface area contributed by atoms with Crippen LogP contribution in [0.1, 0.15) is 5.56 Å². The number of thiazole rings is 1. The van der Waals surface area contributed by atoms with E-state index in [0.717, 1.165) is 27.1 Å². The number of nitro benzene ring substituents is 1. The molecule has 3 aromatic rings. The minimum absolute atomic E-state index is 0.0385. The third kappa shape index (κ3) is 4.32. The smallest absolute Gasteiger partial charge is 0.270 e. The highest BCUT2D eigenvalue weighted by molar-refractivity contribution is 8.17. The van der Waals surface area contributed by atoms with Crippen LogP contribution in [0.15, 0.2) is 57.7 Å². The fourth-order valence-electron chi connectivity index (χ4n) is 3.02. The van der Waals surface area contributed by atoms with Crippen molar-refractivity contribution in [3.63, 3.8) is 0 Å². The predicted molar refractivity (Wildman–Crippen MR) is 121 cm³/mol. The molecule has 0 amide bonds. The second-order valence-corrected chi connectivity index (χ2v) is 8.52. The number of hydrogen-bond acceptors (Lipinski definition) is 10. The molecule has 0 fully saturated rings. The number of aliphatic imine (C=N–C) groups is 1. The minimum Gasteiger partial charge on any atom is -0.454 e. The molecule has 0 saturated carbocycles. The molecule has 2 aliphatic rings. The molecule has 2 aromatic carbocycles. The first-order chi connectivity index (χ1) is 15.1. The maximum absolute atomic E-state index is 11.0. The molecule has 11 heteroatoms. The minimum atomic E-state index is -0.416. The van der Waals surface area contributed by atoms with Crippen molar-refractivity contribution in [1.29, 1.82) is 0 Å². The Bertz CT molecular complexity index is 1220. The van der Waals surface area contributed by atoms with Crippen LogP contribution in [0.3, 0.4) is 0 Å². The molecule has 1 aromatic heterocycles. The second kappa shape index (κ2) is 8.28. The van der Waals surface area contributed by atoms with E-state index in [-0.39, 0.29) is 12.5 Å². The molecule has 0 unspecified atom stereocenters. The van der Waals surface area contributed by atoms with Gasteiger partial charge in [0.2, 0.25) is 11.9 Å². The van der Waals surface area contributed by atoms with Crippen LogP contribution in [0.5, 0.6) is 11.5 Å². The fraction of sp³-hybridized carbons (Fsp3) is 0.100. The highest BCUT2D eigenvalue weighted by Gasteiger charge is 2.16. The summed E-state index contributed by atoms with van der Waals surface area (Å²) in [5.41, 5.74) is 8.54. The summed E-state index contributed by atoms with van der Waals surface area (Å²) in [6.45, 7) is 0.840. The number of nitrogens with zero attached hydrogens (tertiary/aromatic N) is 3. The van der Waals surface area contributed by atoms with Crippen molar-refractivity contribution in [2.24, 2.45) is 4.99 Å². The van der Waals surface area contributed by atoms with Crippen molar-refractivity contribution in [2.75, 3.05) is 18.8 Å². The van der Waals surface area contributed by atoms with Crippen LogP contribution in [0.2, 0.25) is 0 Å². The lowest BCUT2D eigenvalue weighted by Crippen LogP contribution is -2.25. The van der Waals surface area contributed by atoms with Crippen molar-refractivity contribution in [2.45, 2.75) is 0 Å². The Hall–Kier alpha value is -3.57. The van der Waals surface area contributed by atoms with Gasteiger partial charge in [0.1, 0.15) is 0 Å². The first-order valence-corrected chi connectivity index (χ1v) is 10.9. The summed E-state index contributed by atoms with van der Waals surface area (Å²) in [6, 6.07) is 12.2. The van der Waals surface area contributed by atoms with Crippen LogP contribution in [0.4, 0.5) is 10.8 Å². The average molecular weight is 454 g/mol. The zero-order valence-corrected chi connectivity index (χ0v) is 17.5. The zero-order chi connectivity index (χ0) is 21.2. The number of benzene rings is 2. The molecule has 31 heavy (non-hydrogen) atoms. The van der Waals surface area contributed by atoms with Crippen molar-refractivity contribution < 1.29 is 14.4 Å². The molecular weight excluding hydrogens is 438 g/mol. The number of aromatic nitrogens is 1. The molecular formula is C20H15N5O4S2. The molecule has 5 rings (SSSR count). The Morgan fingerprint density at radius 2 is 2.03 bits per heavy atom. The molecule has 2 aliphatic heterocycles. The van der Waals surface area contributed by atoms with E-state index in [1.807, 2.05) is 23.6 Å². The van der Waals surface area contributed by atoms with Crippen LogP contribution < -0.4 is 20.3 Å². The molecule has 0 atom stereocenters. The summed E-state index contributed by atoms with van der Waals surface area (Å²) >= 11 is 2.93. The molecule has 9 nitrogen and oxygen atoms in total. The lowest BCUT2D eigenvalue weighted by Gasteiger charge is -2.05. The summed E-state index contributed by atoms with van der Waals surface area (Å²) < 4.78 is 10.8. The lowest BCUT2D eigenvalue weighted by atomic mass is 10.1. The van der Waals surface area contributed by atoms with Crippen molar-refractivity contribution >= 4 is 45.2 Å². The van der Waals surface area contributed by atoms with Crippen LogP contribution in [0, 0.1) is 10.1 Å². The Morgan fingerprint density at radius 1 is 1.13 bits per heavy atom. The van der Waals surface area contributed by atoms with Crippen LogP contribution in [0.25, 0.3) is 17.3 Å². The topological polar surface area (TPSA) is 111 Å². The number of fused-ring (bicyclic) bond motifs is 1. The summed E-state index contributed by atoms with van der Waals surface area (Å²) in [5, 5.41) is 14.2. The Labute approximate surface area is 184 Å². The SMILES string of the molecule is O=[N+]([O-])c1cccc(-c2csc(NNC3=NC/C(=C\c4ccc5c(c4)OCO5)S3)n2)c1. The molecule has 0 radical (unpaired) electrons. The van der Waals surface area contributed by atoms with Gasteiger partial charge in [0.15, 0.2) is 16.7 Å². The largest absolute Gasteiger partial charge is 0.454 e. The van der Waals surface area contributed by atoms with Crippen molar-refractivity contribution in [1.82, 2.24) is 10.4 Å². The maximum Gasteiger partial charge on any atom is 0.270 e. The molecule has 0 saturated heterocycles. The van der Waals surface area contributed by atoms with E-state index in [4.69, 9.17) is 9.47 Å². The fourth-order valence-corrected chi connectivity index (χ4v) is 4.49. The first-order valence-electron chi connectivity index (χ1n) is 9.19. The maximum atomic E-state index is 11.0. The van der Waals surface area contributed by atoms with Crippen LogP contribution >= 0.6 is 23.1 Å². The normalized spacial score (nSPS) is 15.7. The standard InChI is InChI=1S/C20H15N5O4S2/c26-25(27)14-3-1-2-13(8-14)16-10-30-20(22-16)24-23-19-21-9-15(31-19)6-12-4-5-17-18(7-12)29-11-28-17/h1-8,10H,9,11H2,(H,21,23)(H,22,24)/b15-6+. The highest BCUT2D eigenvalue weighted by Crippen LogP contribution is 2.34. The van der Waals surface area contributed by atoms with Gasteiger partial charge in [0.25, 0.3) is 5.69 Å². The quantitative estimate of drug-likeness (QED) is 0.429. The van der Waals surface area contributed by atoms with Gasteiger partial charge in [0.05, 0.1) is 17.2 Å². The van der Waals surface area contributed by atoms with E-state index >= 15 is 0 Å². The number of nitrogens with one attached hydrogen (secondary N) is 2. The number of nitro groups is 1. The molecule has 156 valence electrons. The summed E-state index contributed by atoms with van der Waals surface area (Å²) in [4.78, 5) is 20.6. The van der Waals surface area contributed by atoms with E-state index in [9.17, 15) is 10.1 Å². The van der Waals surface area contributed by atoms with Gasteiger partial charge in [0, 0.05) is 28.0 Å². The van der Waals surface area contributed by atoms with Gasteiger partial charge in [-0.2, -0.15) is 0 Å². The van der Waals surface area contributed by atoms with E-state index < -0.39 is 4.92 Å². The second-order valence-electron chi connectivity index (χ2n) is 6.54. The molecule has 2 N–H and O–H groups in total. The predicted octanol–water partition coefficient (Wildman–Crippen LogP) is 4.51. The monoisotopic (exact) mass is 453 g/mol. The Kier molecular flexibility index (Phi) is 5.18. The Balaban J connectivity index is 1.19. The molecule has 0 bridgehead atoms. The summed E-state index contributed by atoms with van der Waals surface area (Å²) in [7, 11) is 0. The van der Waals surface area contributed by atoms with Crippen molar-refractivity contribution in [3.8, 4) is 22.8 Å². The number of hydrazine groups is 1. The zero-order valence-electron chi connectivity index (χ0n) is 15.9. The van der Waals surface area contributed by atoms with Crippen molar-refractivity contribution in [3.05, 3.63) is 68.4 Å². The first kappa shape index (κ1) is 19.4. The van der Waals surface area contributed by atoms with Gasteiger partial charge in [-0.05, 0) is 23.8 Å². The van der Waals surface area contributed by atoms with Gasteiger partial charge in [-0.25, -0.2) is 4.98 Å². The lowest BCUT2D eigenvalue weighted by molar-refractivity contribution is -0.384. The Morgan fingerprint density at radius 3 is 2.94 bits per heavy atom. The number of anilines is 1. The van der Waals surface area contributed by atoms with Gasteiger partial charge in [-0.1, -0.05) is 30.0 Å². The highest BCUT2D eigenvalue weighted by atomic mass is 32.2. The van der Waals surface area contributed by atoms with E-state index in [0.29, 0.717) is 22.9 Å². The number of thioether (sulfide) groups is 1. The van der Waals surface area contributed by atoms with Crippen LogP contribution in [-0.4, -0.2) is 28.4 Å². The number of ether oxygens (including phenoxy) is 2. The summed E-state index contributed by atoms with van der Waals surface area (Å²) in [5.74, 6) is 1.51. The number of rotatable bonds is 5. The molecule has 0 aliphatic carbocycles. The molecule has 0 spiro atoms. The average Bonchev–Trinajstić information content (AvgIpc) is 3.53. The third-order valence-corrected chi connectivity index (χ3v) is 6.16. The van der Waals surface area contributed by atoms with Gasteiger partial charge in [-0.3, -0.25) is 26.0 Å². The number of amidine groups is 1. The number of non-ortho nitro benzene ring substituents is 1.